The lowest BCUT2D eigenvalue weighted by Crippen LogP contribution is -2.34. The third kappa shape index (κ3) is 2.81. The summed E-state index contributed by atoms with van der Waals surface area (Å²) < 4.78 is 0. The number of hydrogen-bond donors (Lipinski definition) is 0. The third-order valence-electron chi connectivity index (χ3n) is 3.30. The minimum Gasteiger partial charge on any atom is -0.356 e. The number of aromatic nitrogens is 2. The van der Waals surface area contributed by atoms with Gasteiger partial charge in [0.1, 0.15) is 17.9 Å². The van der Waals surface area contributed by atoms with Gasteiger partial charge in [-0.2, -0.15) is 0 Å². The second-order valence-electron chi connectivity index (χ2n) is 4.58. The quantitative estimate of drug-likeness (QED) is 0.746. The Labute approximate surface area is 102 Å². The Morgan fingerprint density at radius 2 is 2.12 bits per heavy atom. The normalized spacial score (nSPS) is 17.2. The van der Waals surface area contributed by atoms with Gasteiger partial charge in [-0.25, -0.2) is 9.97 Å². The summed E-state index contributed by atoms with van der Waals surface area (Å²) in [7, 11) is 0. The summed E-state index contributed by atoms with van der Waals surface area (Å²) in [6, 6.07) is 2.06. The van der Waals surface area contributed by atoms with E-state index in [9.17, 15) is 4.79 Å². The fourth-order valence-corrected chi connectivity index (χ4v) is 2.22. The lowest BCUT2D eigenvalue weighted by Gasteiger charge is -2.30. The fraction of sp³-hybridized carbons (Fsp3) is 0.615. The Balaban J connectivity index is 2.12. The van der Waals surface area contributed by atoms with E-state index in [1.54, 1.807) is 0 Å². The van der Waals surface area contributed by atoms with E-state index in [-0.39, 0.29) is 5.92 Å². The Kier molecular flexibility index (Phi) is 3.71. The standard InChI is InChI=1S/C13H19N3O/c1-3-12-8-13(15-10(2)14-12)16-6-4-11(9-17)5-7-16/h8-9,11H,3-7H2,1-2H3. The van der Waals surface area contributed by atoms with E-state index >= 15 is 0 Å². The minimum atomic E-state index is 0.236. The van der Waals surface area contributed by atoms with Crippen molar-refractivity contribution in [1.29, 1.82) is 0 Å². The predicted octanol–water partition coefficient (Wildman–Crippen LogP) is 1.76. The minimum absolute atomic E-state index is 0.236. The second-order valence-corrected chi connectivity index (χ2v) is 4.58. The highest BCUT2D eigenvalue weighted by Gasteiger charge is 2.19. The first-order valence-corrected chi connectivity index (χ1v) is 6.27. The summed E-state index contributed by atoms with van der Waals surface area (Å²) in [6.45, 7) is 5.87. The maximum atomic E-state index is 10.7. The third-order valence-corrected chi connectivity index (χ3v) is 3.30. The first kappa shape index (κ1) is 12.0. The van der Waals surface area contributed by atoms with Crippen molar-refractivity contribution in [2.75, 3.05) is 18.0 Å². The molecular weight excluding hydrogens is 214 g/mol. The largest absolute Gasteiger partial charge is 0.356 e. The number of hydrogen-bond acceptors (Lipinski definition) is 4. The average Bonchev–Trinajstić information content (AvgIpc) is 2.38. The molecule has 92 valence electrons. The predicted molar refractivity (Wildman–Crippen MR) is 67.1 cm³/mol. The fourth-order valence-electron chi connectivity index (χ4n) is 2.22. The van der Waals surface area contributed by atoms with Crippen LogP contribution < -0.4 is 4.90 Å². The summed E-state index contributed by atoms with van der Waals surface area (Å²) in [6.07, 6.45) is 3.89. The number of carbonyl (C=O) groups excluding carboxylic acids is 1. The molecule has 1 aliphatic heterocycles. The van der Waals surface area contributed by atoms with Crippen LogP contribution in [-0.2, 0) is 11.2 Å². The molecule has 2 heterocycles. The van der Waals surface area contributed by atoms with E-state index in [2.05, 4.69) is 27.9 Å². The molecule has 0 radical (unpaired) electrons. The van der Waals surface area contributed by atoms with Gasteiger partial charge in [-0.15, -0.1) is 0 Å². The van der Waals surface area contributed by atoms with Crippen molar-refractivity contribution < 1.29 is 4.79 Å². The topological polar surface area (TPSA) is 46.1 Å². The van der Waals surface area contributed by atoms with Crippen LogP contribution in [0.3, 0.4) is 0 Å². The van der Waals surface area contributed by atoms with E-state index in [0.717, 1.165) is 56.0 Å². The van der Waals surface area contributed by atoms with Crippen molar-refractivity contribution >= 4 is 12.1 Å². The molecule has 0 aromatic carbocycles. The number of carbonyl (C=O) groups is 1. The Bertz CT molecular complexity index is 398. The summed E-state index contributed by atoms with van der Waals surface area (Å²) in [5, 5.41) is 0. The van der Waals surface area contributed by atoms with Crippen molar-refractivity contribution in [2.45, 2.75) is 33.1 Å². The molecule has 1 aromatic heterocycles. The van der Waals surface area contributed by atoms with Crippen molar-refractivity contribution in [1.82, 2.24) is 9.97 Å². The average molecular weight is 233 g/mol. The van der Waals surface area contributed by atoms with E-state index < -0.39 is 0 Å². The first-order valence-electron chi connectivity index (χ1n) is 6.27. The maximum absolute atomic E-state index is 10.7. The van der Waals surface area contributed by atoms with Crippen LogP contribution in [0.5, 0.6) is 0 Å². The Hall–Kier alpha value is -1.45. The molecule has 1 saturated heterocycles. The zero-order chi connectivity index (χ0) is 12.3. The molecular formula is C13H19N3O. The molecule has 0 saturated carbocycles. The zero-order valence-corrected chi connectivity index (χ0v) is 10.5. The van der Waals surface area contributed by atoms with Crippen LogP contribution in [0.25, 0.3) is 0 Å². The summed E-state index contributed by atoms with van der Waals surface area (Å²) in [4.78, 5) is 21.8. The molecule has 0 spiro atoms. The van der Waals surface area contributed by atoms with Crippen LogP contribution in [0, 0.1) is 12.8 Å². The van der Waals surface area contributed by atoms with Gasteiger partial charge >= 0.3 is 0 Å². The molecule has 1 aliphatic rings. The van der Waals surface area contributed by atoms with Gasteiger partial charge in [0.05, 0.1) is 0 Å². The number of piperidine rings is 1. The molecule has 0 bridgehead atoms. The van der Waals surface area contributed by atoms with Gasteiger partial charge in [0.2, 0.25) is 0 Å². The molecule has 2 rings (SSSR count). The van der Waals surface area contributed by atoms with Crippen molar-refractivity contribution in [3.63, 3.8) is 0 Å². The molecule has 1 aromatic rings. The number of anilines is 1. The van der Waals surface area contributed by atoms with Crippen molar-refractivity contribution in [3.05, 3.63) is 17.6 Å². The molecule has 4 heteroatoms. The molecule has 0 N–H and O–H groups in total. The van der Waals surface area contributed by atoms with Crippen molar-refractivity contribution in [3.8, 4) is 0 Å². The molecule has 17 heavy (non-hydrogen) atoms. The van der Waals surface area contributed by atoms with Gasteiger partial charge in [-0.1, -0.05) is 6.92 Å². The number of aryl methyl sites for hydroxylation is 2. The summed E-state index contributed by atoms with van der Waals surface area (Å²) in [5.41, 5.74) is 1.09. The second kappa shape index (κ2) is 5.25. The van der Waals surface area contributed by atoms with Gasteiger partial charge in [-0.3, -0.25) is 0 Å². The lowest BCUT2D eigenvalue weighted by atomic mass is 9.99. The van der Waals surface area contributed by atoms with Crippen LogP contribution in [0.1, 0.15) is 31.3 Å². The molecule has 0 atom stereocenters. The Morgan fingerprint density at radius 3 is 2.71 bits per heavy atom. The summed E-state index contributed by atoms with van der Waals surface area (Å²) in [5.74, 6) is 2.08. The van der Waals surface area contributed by atoms with E-state index in [1.165, 1.54) is 0 Å². The van der Waals surface area contributed by atoms with Crippen LogP contribution in [0.15, 0.2) is 6.07 Å². The molecule has 0 unspecified atom stereocenters. The van der Waals surface area contributed by atoms with Gasteiger partial charge in [-0.05, 0) is 26.2 Å². The smallest absolute Gasteiger partial charge is 0.132 e. The maximum Gasteiger partial charge on any atom is 0.132 e. The number of rotatable bonds is 3. The van der Waals surface area contributed by atoms with Crippen LogP contribution in [0.2, 0.25) is 0 Å². The number of aldehydes is 1. The van der Waals surface area contributed by atoms with Crippen LogP contribution in [-0.4, -0.2) is 29.3 Å². The molecule has 0 amide bonds. The molecule has 0 aliphatic carbocycles. The zero-order valence-electron chi connectivity index (χ0n) is 10.5. The van der Waals surface area contributed by atoms with Gasteiger partial charge in [0.15, 0.2) is 0 Å². The van der Waals surface area contributed by atoms with E-state index in [0.29, 0.717) is 0 Å². The Morgan fingerprint density at radius 1 is 1.41 bits per heavy atom. The van der Waals surface area contributed by atoms with Crippen LogP contribution >= 0.6 is 0 Å². The van der Waals surface area contributed by atoms with Gasteiger partial charge in [0.25, 0.3) is 0 Å². The highest BCUT2D eigenvalue weighted by molar-refractivity contribution is 5.54. The molecule has 1 fully saturated rings. The van der Waals surface area contributed by atoms with Crippen molar-refractivity contribution in [2.24, 2.45) is 5.92 Å². The van der Waals surface area contributed by atoms with Gasteiger partial charge < -0.3 is 9.69 Å². The van der Waals surface area contributed by atoms with E-state index in [1.807, 2.05) is 6.92 Å². The SMILES string of the molecule is CCc1cc(N2CCC(C=O)CC2)nc(C)n1. The first-order chi connectivity index (χ1) is 8.22. The van der Waals surface area contributed by atoms with Gasteiger partial charge in [0, 0.05) is 30.8 Å². The molecule has 4 nitrogen and oxygen atoms in total. The van der Waals surface area contributed by atoms with E-state index in [4.69, 9.17) is 0 Å². The highest BCUT2D eigenvalue weighted by Crippen LogP contribution is 2.21. The summed E-state index contributed by atoms with van der Waals surface area (Å²) >= 11 is 0. The lowest BCUT2D eigenvalue weighted by molar-refractivity contribution is -0.111. The van der Waals surface area contributed by atoms with Crippen LogP contribution in [0.4, 0.5) is 5.82 Å². The number of nitrogens with zero attached hydrogens (tertiary/aromatic N) is 3. The highest BCUT2D eigenvalue weighted by atomic mass is 16.1. The monoisotopic (exact) mass is 233 g/mol.